The number of hydrogen-bond donors (Lipinski definition) is 1. The van der Waals surface area contributed by atoms with E-state index >= 15 is 0 Å². The number of rotatable bonds is 7. The van der Waals surface area contributed by atoms with Crippen molar-refractivity contribution in [2.45, 2.75) is 31.7 Å². The van der Waals surface area contributed by atoms with E-state index in [9.17, 15) is 17.2 Å². The van der Waals surface area contributed by atoms with Crippen LogP contribution in [0.15, 0.2) is 33.6 Å². The molecule has 126 valence electrons. The van der Waals surface area contributed by atoms with Gasteiger partial charge in [-0.05, 0) is 38.1 Å². The van der Waals surface area contributed by atoms with Crippen LogP contribution in [0.3, 0.4) is 0 Å². The number of oxazole rings is 1. The maximum absolute atomic E-state index is 12.1. The topological polar surface area (TPSA) is 81.4 Å². The molecule has 1 aromatic carbocycles. The van der Waals surface area contributed by atoms with E-state index in [4.69, 9.17) is 9.15 Å². The van der Waals surface area contributed by atoms with Crippen molar-refractivity contribution in [3.63, 3.8) is 0 Å². The van der Waals surface area contributed by atoms with Crippen LogP contribution in [0.25, 0.3) is 0 Å². The SMILES string of the molecule is Cc1nc(CNS(=O)(=O)c2ccc(OCC(F)F)cc2)oc1C. The molecular formula is C14H16F2N2O4S. The van der Waals surface area contributed by atoms with E-state index in [1.165, 1.54) is 24.3 Å². The van der Waals surface area contributed by atoms with Crippen molar-refractivity contribution in [1.29, 1.82) is 0 Å². The molecule has 0 fully saturated rings. The molecular weight excluding hydrogens is 330 g/mol. The van der Waals surface area contributed by atoms with E-state index in [-0.39, 0.29) is 23.1 Å². The Balaban J connectivity index is 2.01. The molecule has 0 aliphatic heterocycles. The van der Waals surface area contributed by atoms with Crippen LogP contribution in [-0.4, -0.2) is 26.4 Å². The first kappa shape index (κ1) is 17.4. The number of halogens is 2. The van der Waals surface area contributed by atoms with Gasteiger partial charge in [-0.1, -0.05) is 0 Å². The lowest BCUT2D eigenvalue weighted by molar-refractivity contribution is 0.0819. The van der Waals surface area contributed by atoms with Crippen molar-refractivity contribution in [3.8, 4) is 5.75 Å². The molecule has 1 heterocycles. The monoisotopic (exact) mass is 346 g/mol. The molecule has 23 heavy (non-hydrogen) atoms. The fourth-order valence-electron chi connectivity index (χ4n) is 1.73. The molecule has 0 bridgehead atoms. The highest BCUT2D eigenvalue weighted by Crippen LogP contribution is 2.17. The Morgan fingerprint density at radius 2 is 1.91 bits per heavy atom. The smallest absolute Gasteiger partial charge is 0.272 e. The zero-order valence-corrected chi connectivity index (χ0v) is 13.4. The summed E-state index contributed by atoms with van der Waals surface area (Å²) in [4.78, 5) is 4.07. The summed E-state index contributed by atoms with van der Waals surface area (Å²) in [6, 6.07) is 5.18. The van der Waals surface area contributed by atoms with Crippen LogP contribution in [0.5, 0.6) is 5.75 Å². The van der Waals surface area contributed by atoms with Gasteiger partial charge < -0.3 is 9.15 Å². The van der Waals surface area contributed by atoms with Gasteiger partial charge in [0.1, 0.15) is 18.1 Å². The van der Waals surface area contributed by atoms with Crippen molar-refractivity contribution in [1.82, 2.24) is 9.71 Å². The average molecular weight is 346 g/mol. The van der Waals surface area contributed by atoms with Crippen LogP contribution >= 0.6 is 0 Å². The highest BCUT2D eigenvalue weighted by Gasteiger charge is 2.16. The predicted octanol–water partition coefficient (Wildman–Crippen LogP) is 2.41. The number of sulfonamides is 1. The average Bonchev–Trinajstić information content (AvgIpc) is 2.82. The number of alkyl halides is 2. The summed E-state index contributed by atoms with van der Waals surface area (Å²) in [7, 11) is -3.76. The van der Waals surface area contributed by atoms with Gasteiger partial charge in [-0.3, -0.25) is 0 Å². The Bertz CT molecular complexity index is 738. The fourth-order valence-corrected chi connectivity index (χ4v) is 2.70. The molecule has 0 radical (unpaired) electrons. The van der Waals surface area contributed by atoms with Crippen LogP contribution in [0.4, 0.5) is 8.78 Å². The van der Waals surface area contributed by atoms with E-state index in [1.54, 1.807) is 13.8 Å². The molecule has 0 spiro atoms. The van der Waals surface area contributed by atoms with Crippen molar-refractivity contribution >= 4 is 10.0 Å². The second kappa shape index (κ2) is 7.05. The Hall–Kier alpha value is -2.00. The van der Waals surface area contributed by atoms with E-state index in [0.29, 0.717) is 11.5 Å². The number of hydrogen-bond acceptors (Lipinski definition) is 5. The highest BCUT2D eigenvalue weighted by molar-refractivity contribution is 7.89. The van der Waals surface area contributed by atoms with Gasteiger partial charge in [-0.2, -0.15) is 0 Å². The van der Waals surface area contributed by atoms with Crippen molar-refractivity contribution < 1.29 is 26.4 Å². The Labute approximate surface area is 132 Å². The molecule has 6 nitrogen and oxygen atoms in total. The summed E-state index contributed by atoms with van der Waals surface area (Å²) in [6.07, 6.45) is -2.59. The minimum atomic E-state index is -3.76. The standard InChI is InChI=1S/C14H16F2N2O4S/c1-9-10(2)22-14(18-9)7-17-23(19,20)12-5-3-11(4-6-12)21-8-13(15)16/h3-6,13,17H,7-8H2,1-2H3. The molecule has 0 saturated carbocycles. The van der Waals surface area contributed by atoms with Gasteiger partial charge in [0.25, 0.3) is 6.43 Å². The lowest BCUT2D eigenvalue weighted by Crippen LogP contribution is -2.23. The maximum atomic E-state index is 12.1. The lowest BCUT2D eigenvalue weighted by Gasteiger charge is -2.07. The quantitative estimate of drug-likeness (QED) is 0.833. The number of nitrogens with one attached hydrogen (secondary N) is 1. The summed E-state index contributed by atoms with van der Waals surface area (Å²) in [6.45, 7) is 2.67. The molecule has 2 rings (SSSR count). The van der Waals surface area contributed by atoms with E-state index in [1.807, 2.05) is 0 Å². The molecule has 0 aliphatic rings. The van der Waals surface area contributed by atoms with Crippen LogP contribution in [0, 0.1) is 13.8 Å². The van der Waals surface area contributed by atoms with Gasteiger partial charge in [-0.15, -0.1) is 0 Å². The first-order chi connectivity index (χ1) is 10.8. The Morgan fingerprint density at radius 1 is 1.26 bits per heavy atom. The van der Waals surface area contributed by atoms with E-state index < -0.39 is 23.1 Å². The number of aryl methyl sites for hydroxylation is 2. The third kappa shape index (κ3) is 4.73. The molecule has 0 saturated heterocycles. The zero-order chi connectivity index (χ0) is 17.0. The molecule has 0 aliphatic carbocycles. The summed E-state index contributed by atoms with van der Waals surface area (Å²) in [5.74, 6) is 1.06. The molecule has 1 N–H and O–H groups in total. The van der Waals surface area contributed by atoms with Gasteiger partial charge in [-0.25, -0.2) is 26.9 Å². The van der Waals surface area contributed by atoms with Crippen molar-refractivity contribution in [2.75, 3.05) is 6.61 Å². The summed E-state index contributed by atoms with van der Waals surface area (Å²) < 4.78 is 60.8. The van der Waals surface area contributed by atoms with Gasteiger partial charge >= 0.3 is 0 Å². The molecule has 0 unspecified atom stereocenters. The van der Waals surface area contributed by atoms with Gasteiger partial charge in [0, 0.05) is 0 Å². The largest absolute Gasteiger partial charge is 0.488 e. The van der Waals surface area contributed by atoms with Crippen LogP contribution in [-0.2, 0) is 16.6 Å². The molecule has 0 atom stereocenters. The van der Waals surface area contributed by atoms with Crippen LogP contribution in [0.2, 0.25) is 0 Å². The highest BCUT2D eigenvalue weighted by atomic mass is 32.2. The fraction of sp³-hybridized carbons (Fsp3) is 0.357. The third-order valence-electron chi connectivity index (χ3n) is 3.00. The van der Waals surface area contributed by atoms with E-state index in [0.717, 1.165) is 0 Å². The normalized spacial score (nSPS) is 11.9. The minimum absolute atomic E-state index is 0.0121. The number of ether oxygens (including phenoxy) is 1. The summed E-state index contributed by atoms with van der Waals surface area (Å²) >= 11 is 0. The van der Waals surface area contributed by atoms with Crippen molar-refractivity contribution in [2.24, 2.45) is 0 Å². The molecule has 1 aromatic heterocycles. The maximum Gasteiger partial charge on any atom is 0.272 e. The van der Waals surface area contributed by atoms with Crippen LogP contribution < -0.4 is 9.46 Å². The van der Waals surface area contributed by atoms with Crippen molar-refractivity contribution in [3.05, 3.63) is 41.6 Å². The first-order valence-corrected chi connectivity index (χ1v) is 8.20. The van der Waals surface area contributed by atoms with Gasteiger partial charge in [0.15, 0.2) is 0 Å². The molecule has 0 amide bonds. The lowest BCUT2D eigenvalue weighted by atomic mass is 10.3. The number of benzene rings is 1. The third-order valence-corrected chi connectivity index (χ3v) is 4.41. The van der Waals surface area contributed by atoms with Crippen LogP contribution in [0.1, 0.15) is 17.3 Å². The molecule has 2 aromatic rings. The first-order valence-electron chi connectivity index (χ1n) is 6.71. The Morgan fingerprint density at radius 3 is 2.43 bits per heavy atom. The predicted molar refractivity (Wildman–Crippen MR) is 77.9 cm³/mol. The van der Waals surface area contributed by atoms with Gasteiger partial charge in [0.2, 0.25) is 15.9 Å². The minimum Gasteiger partial charge on any atom is -0.488 e. The number of nitrogens with zero attached hydrogens (tertiary/aromatic N) is 1. The second-order valence-corrected chi connectivity index (χ2v) is 6.51. The molecule has 9 heteroatoms. The summed E-state index contributed by atoms with van der Waals surface area (Å²) in [5.41, 5.74) is 0.694. The van der Waals surface area contributed by atoms with E-state index in [2.05, 4.69) is 9.71 Å². The number of aromatic nitrogens is 1. The second-order valence-electron chi connectivity index (χ2n) is 4.75. The Kier molecular flexibility index (Phi) is 5.32. The van der Waals surface area contributed by atoms with Gasteiger partial charge in [0.05, 0.1) is 17.1 Å². The zero-order valence-electron chi connectivity index (χ0n) is 12.5. The summed E-state index contributed by atoms with van der Waals surface area (Å²) in [5, 5.41) is 0.